The Morgan fingerprint density at radius 2 is 2.06 bits per heavy atom. The third-order valence-corrected chi connectivity index (χ3v) is 3.12. The maximum atomic E-state index is 12.3. The topological polar surface area (TPSA) is 53.4 Å². The lowest BCUT2D eigenvalue weighted by atomic mass is 10.4. The summed E-state index contributed by atoms with van der Waals surface area (Å²) in [5, 5.41) is 8.67. The van der Waals surface area contributed by atoms with E-state index in [1.807, 2.05) is 0 Å². The van der Waals surface area contributed by atoms with Crippen LogP contribution in [0.15, 0.2) is 0 Å². The quantitative estimate of drug-likeness (QED) is 0.909. The van der Waals surface area contributed by atoms with Crippen LogP contribution in [0.5, 0.6) is 0 Å². The van der Waals surface area contributed by atoms with Gasteiger partial charge in [-0.3, -0.25) is 4.79 Å². The fraction of sp³-hybridized carbons (Fsp3) is 0.556. The molecule has 0 aliphatic rings. The van der Waals surface area contributed by atoms with E-state index >= 15 is 0 Å². The molecule has 1 N–H and O–H groups in total. The van der Waals surface area contributed by atoms with Crippen molar-refractivity contribution in [1.29, 1.82) is 0 Å². The number of thiazole rings is 1. The van der Waals surface area contributed by atoms with Gasteiger partial charge in [-0.25, -0.2) is 4.98 Å². The minimum absolute atomic E-state index is 0.0831. The molecule has 1 rings (SSSR count). The molecule has 0 aliphatic heterocycles. The summed E-state index contributed by atoms with van der Waals surface area (Å²) in [5.74, 6) is -1.32. The van der Waals surface area contributed by atoms with Crippen LogP contribution >= 0.6 is 11.3 Å². The second-order valence-corrected chi connectivity index (χ2v) is 4.68. The van der Waals surface area contributed by atoms with Gasteiger partial charge in [0.05, 0.1) is 5.69 Å². The van der Waals surface area contributed by atoms with E-state index in [4.69, 9.17) is 5.11 Å². The van der Waals surface area contributed by atoms with Gasteiger partial charge in [0.25, 0.3) is 0 Å². The number of hydrogen-bond acceptors (Lipinski definition) is 4. The van der Waals surface area contributed by atoms with Gasteiger partial charge in [0.15, 0.2) is 5.13 Å². The van der Waals surface area contributed by atoms with Gasteiger partial charge >= 0.3 is 12.1 Å². The highest BCUT2D eigenvalue weighted by atomic mass is 32.1. The van der Waals surface area contributed by atoms with Crippen LogP contribution in [0.25, 0.3) is 0 Å². The predicted octanol–water partition coefficient (Wildman–Crippen LogP) is 2.21. The normalized spacial score (nSPS) is 11.6. The van der Waals surface area contributed by atoms with E-state index in [9.17, 15) is 18.0 Å². The number of aromatic nitrogens is 1. The average Bonchev–Trinajstić information content (AvgIpc) is 2.42. The van der Waals surface area contributed by atoms with E-state index in [2.05, 4.69) is 4.98 Å². The molecule has 8 heteroatoms. The van der Waals surface area contributed by atoms with Crippen molar-refractivity contribution in [3.05, 3.63) is 10.6 Å². The Kier molecular flexibility index (Phi) is 3.97. The van der Waals surface area contributed by atoms with Crippen molar-refractivity contribution in [2.24, 2.45) is 0 Å². The maximum Gasteiger partial charge on any atom is 0.406 e. The summed E-state index contributed by atoms with van der Waals surface area (Å²) < 4.78 is 36.9. The Morgan fingerprint density at radius 3 is 2.41 bits per heavy atom. The highest BCUT2D eigenvalue weighted by molar-refractivity contribution is 7.15. The van der Waals surface area contributed by atoms with Gasteiger partial charge in [0.2, 0.25) is 0 Å². The Labute approximate surface area is 99.7 Å². The number of nitrogens with zero attached hydrogens (tertiary/aromatic N) is 2. The zero-order chi connectivity index (χ0) is 13.2. The number of aryl methyl sites for hydroxylation is 2. The first kappa shape index (κ1) is 13.8. The van der Waals surface area contributed by atoms with Crippen LogP contribution in [0.3, 0.4) is 0 Å². The smallest absolute Gasteiger partial charge is 0.406 e. The summed E-state index contributed by atoms with van der Waals surface area (Å²) in [4.78, 5) is 15.9. The summed E-state index contributed by atoms with van der Waals surface area (Å²) in [6.07, 6.45) is -4.46. The van der Waals surface area contributed by atoms with Crippen LogP contribution in [0.4, 0.5) is 18.3 Å². The second kappa shape index (κ2) is 4.91. The molecule has 1 aromatic rings. The van der Waals surface area contributed by atoms with Gasteiger partial charge in [0.1, 0.15) is 13.1 Å². The molecule has 96 valence electrons. The molecule has 0 saturated heterocycles. The van der Waals surface area contributed by atoms with E-state index in [0.717, 1.165) is 16.2 Å². The first-order valence-electron chi connectivity index (χ1n) is 4.66. The molecule has 0 amide bonds. The van der Waals surface area contributed by atoms with E-state index in [-0.39, 0.29) is 5.13 Å². The lowest BCUT2D eigenvalue weighted by molar-refractivity contribution is -0.136. The van der Waals surface area contributed by atoms with Gasteiger partial charge in [-0.05, 0) is 13.8 Å². The molecule has 0 spiro atoms. The Morgan fingerprint density at radius 1 is 1.47 bits per heavy atom. The summed E-state index contributed by atoms with van der Waals surface area (Å²) in [5.41, 5.74) is 0.613. The minimum atomic E-state index is -4.46. The van der Waals surface area contributed by atoms with Crippen LogP contribution in [0.2, 0.25) is 0 Å². The lowest BCUT2D eigenvalue weighted by Crippen LogP contribution is -2.37. The molecular weight excluding hydrogens is 257 g/mol. The van der Waals surface area contributed by atoms with Crippen molar-refractivity contribution in [3.63, 3.8) is 0 Å². The van der Waals surface area contributed by atoms with Crippen molar-refractivity contribution in [2.75, 3.05) is 18.0 Å². The molecule has 0 unspecified atom stereocenters. The molecule has 17 heavy (non-hydrogen) atoms. The fourth-order valence-corrected chi connectivity index (χ4v) is 2.07. The van der Waals surface area contributed by atoms with Gasteiger partial charge in [-0.15, -0.1) is 11.3 Å². The fourth-order valence-electron chi connectivity index (χ4n) is 1.16. The van der Waals surface area contributed by atoms with Crippen molar-refractivity contribution in [3.8, 4) is 0 Å². The highest BCUT2D eigenvalue weighted by Gasteiger charge is 2.33. The Bertz CT molecular complexity index is 397. The van der Waals surface area contributed by atoms with Crippen molar-refractivity contribution >= 4 is 22.4 Å². The van der Waals surface area contributed by atoms with Crippen molar-refractivity contribution < 1.29 is 23.1 Å². The van der Waals surface area contributed by atoms with E-state index < -0.39 is 25.2 Å². The standard InChI is InChI=1S/C9H11F3N2O2S/c1-5-6(2)17-8(13-5)14(3-7(15)16)4-9(10,11)12/h3-4H2,1-2H3,(H,15,16). The third kappa shape index (κ3) is 4.22. The molecule has 0 fully saturated rings. The van der Waals surface area contributed by atoms with Gasteiger partial charge in [-0.1, -0.05) is 0 Å². The largest absolute Gasteiger partial charge is 0.480 e. The van der Waals surface area contributed by atoms with E-state index in [1.165, 1.54) is 0 Å². The molecule has 0 atom stereocenters. The third-order valence-electron chi connectivity index (χ3n) is 1.98. The lowest BCUT2D eigenvalue weighted by Gasteiger charge is -2.20. The maximum absolute atomic E-state index is 12.3. The van der Waals surface area contributed by atoms with Crippen LogP contribution in [-0.4, -0.2) is 35.3 Å². The minimum Gasteiger partial charge on any atom is -0.480 e. The number of aliphatic carboxylic acids is 1. The summed E-state index contributed by atoms with van der Waals surface area (Å²) in [6, 6.07) is 0. The number of halogens is 3. The average molecular weight is 268 g/mol. The van der Waals surface area contributed by atoms with Gasteiger partial charge in [-0.2, -0.15) is 13.2 Å². The number of carboxylic acid groups (broad SMARTS) is 1. The molecule has 0 saturated carbocycles. The molecular formula is C9H11F3N2O2S. The number of carboxylic acids is 1. The van der Waals surface area contributed by atoms with Crippen molar-refractivity contribution in [2.45, 2.75) is 20.0 Å². The number of carbonyl (C=O) groups is 1. The van der Waals surface area contributed by atoms with Crippen molar-refractivity contribution in [1.82, 2.24) is 4.98 Å². The van der Waals surface area contributed by atoms with Crippen LogP contribution in [0, 0.1) is 13.8 Å². The van der Waals surface area contributed by atoms with Crippen LogP contribution < -0.4 is 4.90 Å². The Balaban J connectivity index is 2.93. The SMILES string of the molecule is Cc1nc(N(CC(=O)O)CC(F)(F)F)sc1C. The summed E-state index contributed by atoms with van der Waals surface area (Å²) >= 11 is 1.06. The van der Waals surface area contributed by atoms with Crippen LogP contribution in [-0.2, 0) is 4.79 Å². The molecule has 0 aliphatic carbocycles. The molecule has 1 heterocycles. The number of rotatable bonds is 4. The van der Waals surface area contributed by atoms with Gasteiger partial charge < -0.3 is 10.0 Å². The highest BCUT2D eigenvalue weighted by Crippen LogP contribution is 2.27. The first-order chi connectivity index (χ1) is 7.69. The molecule has 0 bridgehead atoms. The van der Waals surface area contributed by atoms with Crippen LogP contribution in [0.1, 0.15) is 10.6 Å². The molecule has 0 aromatic carbocycles. The molecule has 1 aromatic heterocycles. The Hall–Kier alpha value is -1.31. The number of anilines is 1. The summed E-state index contributed by atoms with van der Waals surface area (Å²) in [7, 11) is 0. The van der Waals surface area contributed by atoms with Gasteiger partial charge in [0, 0.05) is 4.88 Å². The second-order valence-electron chi connectivity index (χ2n) is 3.50. The predicted molar refractivity (Wildman–Crippen MR) is 57.5 cm³/mol. The molecule has 4 nitrogen and oxygen atoms in total. The summed E-state index contributed by atoms with van der Waals surface area (Å²) in [6.45, 7) is 1.36. The zero-order valence-corrected chi connectivity index (χ0v) is 10.0. The van der Waals surface area contributed by atoms with E-state index in [0.29, 0.717) is 10.6 Å². The number of hydrogen-bond donors (Lipinski definition) is 1. The molecule has 0 radical (unpaired) electrons. The first-order valence-corrected chi connectivity index (χ1v) is 5.48. The monoisotopic (exact) mass is 268 g/mol. The van der Waals surface area contributed by atoms with E-state index in [1.54, 1.807) is 13.8 Å². The number of alkyl halides is 3. The zero-order valence-electron chi connectivity index (χ0n) is 9.21.